The maximum absolute atomic E-state index is 12.6. The molecule has 0 aromatic carbocycles. The fraction of sp³-hybridized carbons (Fsp3) is 0.692. The maximum atomic E-state index is 12.6. The summed E-state index contributed by atoms with van der Waals surface area (Å²) in [6.45, 7) is 4.68. The molecule has 6 heteroatoms. The van der Waals surface area contributed by atoms with Crippen LogP contribution < -0.4 is 0 Å². The van der Waals surface area contributed by atoms with Gasteiger partial charge < -0.3 is 4.57 Å². The highest BCUT2D eigenvalue weighted by Gasteiger charge is 2.36. The van der Waals surface area contributed by atoms with Crippen molar-refractivity contribution in [2.24, 2.45) is 5.92 Å². The minimum atomic E-state index is -3.41. The molecular formula is C13H21ClN2O2S. The molecule has 1 aliphatic carbocycles. The molecule has 0 aliphatic heterocycles. The minimum absolute atomic E-state index is 0.0643. The Labute approximate surface area is 120 Å². The first kappa shape index (κ1) is 14.9. The van der Waals surface area contributed by atoms with Crippen LogP contribution in [0, 0.1) is 5.92 Å². The van der Waals surface area contributed by atoms with Gasteiger partial charge in [-0.15, -0.1) is 11.6 Å². The van der Waals surface area contributed by atoms with Gasteiger partial charge in [-0.2, -0.15) is 4.31 Å². The largest absolute Gasteiger partial charge is 0.349 e. The summed E-state index contributed by atoms with van der Waals surface area (Å²) in [5.74, 6) is 0.839. The van der Waals surface area contributed by atoms with Gasteiger partial charge in [0, 0.05) is 31.5 Å². The number of hydrogen-bond acceptors (Lipinski definition) is 2. The van der Waals surface area contributed by atoms with E-state index in [9.17, 15) is 8.42 Å². The molecule has 1 aliphatic rings. The number of aromatic nitrogens is 1. The molecule has 0 bridgehead atoms. The van der Waals surface area contributed by atoms with Crippen LogP contribution in [0.25, 0.3) is 0 Å². The summed E-state index contributed by atoms with van der Waals surface area (Å²) in [7, 11) is -1.74. The molecule has 0 saturated heterocycles. The zero-order valence-corrected chi connectivity index (χ0v) is 13.2. The Morgan fingerprint density at radius 2 is 2.16 bits per heavy atom. The average Bonchev–Trinajstić information content (AvgIpc) is 3.15. The quantitative estimate of drug-likeness (QED) is 0.758. The van der Waals surface area contributed by atoms with Crippen molar-refractivity contribution in [2.45, 2.75) is 50.1 Å². The molecule has 0 spiro atoms. The summed E-state index contributed by atoms with van der Waals surface area (Å²) in [4.78, 5) is 0.347. The maximum Gasteiger partial charge on any atom is 0.244 e. The van der Waals surface area contributed by atoms with Gasteiger partial charge in [-0.3, -0.25) is 0 Å². The fourth-order valence-electron chi connectivity index (χ4n) is 2.33. The third kappa shape index (κ3) is 2.83. The summed E-state index contributed by atoms with van der Waals surface area (Å²) in [6.07, 6.45) is 3.94. The number of hydrogen-bond donors (Lipinski definition) is 0. The minimum Gasteiger partial charge on any atom is -0.349 e. The van der Waals surface area contributed by atoms with Crippen LogP contribution in [0.2, 0.25) is 0 Å². The van der Waals surface area contributed by atoms with Gasteiger partial charge in [-0.1, -0.05) is 0 Å². The van der Waals surface area contributed by atoms with Gasteiger partial charge in [-0.25, -0.2) is 8.42 Å². The smallest absolute Gasteiger partial charge is 0.244 e. The summed E-state index contributed by atoms with van der Waals surface area (Å²) in [5.41, 5.74) is 0.843. The van der Waals surface area contributed by atoms with Gasteiger partial charge in [0.1, 0.15) is 4.90 Å². The topological polar surface area (TPSA) is 42.3 Å². The Kier molecular flexibility index (Phi) is 4.28. The summed E-state index contributed by atoms with van der Waals surface area (Å²) in [5, 5.41) is 0. The van der Waals surface area contributed by atoms with Gasteiger partial charge >= 0.3 is 0 Å². The van der Waals surface area contributed by atoms with E-state index in [0.29, 0.717) is 16.7 Å². The Morgan fingerprint density at radius 3 is 2.58 bits per heavy atom. The number of aryl methyl sites for hydroxylation is 1. The fourth-order valence-corrected chi connectivity index (χ4v) is 4.05. The number of alkyl halides is 1. The molecule has 0 radical (unpaired) electrons. The van der Waals surface area contributed by atoms with Crippen LogP contribution >= 0.6 is 11.6 Å². The summed E-state index contributed by atoms with van der Waals surface area (Å²) >= 11 is 5.85. The van der Waals surface area contributed by atoms with Crippen LogP contribution in [-0.2, 0) is 22.4 Å². The van der Waals surface area contributed by atoms with Crippen molar-refractivity contribution < 1.29 is 8.42 Å². The van der Waals surface area contributed by atoms with Gasteiger partial charge in [0.2, 0.25) is 10.0 Å². The highest BCUT2D eigenvalue weighted by Crippen LogP contribution is 2.36. The first-order valence-corrected chi connectivity index (χ1v) is 8.62. The molecule has 0 amide bonds. The lowest BCUT2D eigenvalue weighted by Gasteiger charge is -2.23. The van der Waals surface area contributed by atoms with Crippen LogP contribution in [0.5, 0.6) is 0 Å². The molecular weight excluding hydrogens is 284 g/mol. The monoisotopic (exact) mass is 304 g/mol. The van der Waals surface area contributed by atoms with E-state index >= 15 is 0 Å². The van der Waals surface area contributed by atoms with Crippen LogP contribution in [0.3, 0.4) is 0 Å². The van der Waals surface area contributed by atoms with E-state index < -0.39 is 10.0 Å². The van der Waals surface area contributed by atoms with Crippen LogP contribution in [0.1, 0.15) is 32.4 Å². The van der Waals surface area contributed by atoms with Crippen molar-refractivity contribution in [3.63, 3.8) is 0 Å². The van der Waals surface area contributed by atoms with E-state index in [1.807, 2.05) is 18.4 Å². The van der Waals surface area contributed by atoms with Gasteiger partial charge in [0.25, 0.3) is 0 Å². The van der Waals surface area contributed by atoms with E-state index in [4.69, 9.17) is 11.6 Å². The Hall–Kier alpha value is -0.520. The Balaban J connectivity index is 2.30. The van der Waals surface area contributed by atoms with Crippen LogP contribution in [0.4, 0.5) is 0 Å². The number of halogens is 1. The Morgan fingerprint density at radius 1 is 1.53 bits per heavy atom. The first-order valence-electron chi connectivity index (χ1n) is 6.64. The molecule has 19 heavy (non-hydrogen) atoms. The summed E-state index contributed by atoms with van der Waals surface area (Å²) < 4.78 is 28.5. The second kappa shape index (κ2) is 5.46. The van der Waals surface area contributed by atoms with Crippen molar-refractivity contribution >= 4 is 21.6 Å². The van der Waals surface area contributed by atoms with E-state index in [1.54, 1.807) is 19.3 Å². The van der Waals surface area contributed by atoms with E-state index in [1.165, 1.54) is 4.31 Å². The molecule has 4 nitrogen and oxygen atoms in total. The lowest BCUT2D eigenvalue weighted by Crippen LogP contribution is -2.36. The molecule has 1 heterocycles. The predicted octanol–water partition coefficient (Wildman–Crippen LogP) is 2.67. The molecule has 1 fully saturated rings. The SMILES string of the molecule is CCn1cc(S(=O)(=O)N(C)C(C)C2CC2)cc1CCl. The van der Waals surface area contributed by atoms with Gasteiger partial charge in [0.05, 0.1) is 5.88 Å². The standard InChI is InChI=1S/C13H21ClN2O2S/c1-4-16-9-13(7-12(16)8-14)19(17,18)15(3)10(2)11-5-6-11/h7,9-11H,4-6,8H2,1-3H3. The Bertz CT molecular complexity index is 527. The molecule has 1 aromatic rings. The van der Waals surface area contributed by atoms with Crippen molar-refractivity contribution in [3.05, 3.63) is 18.0 Å². The third-order valence-corrected chi connectivity index (χ3v) is 6.18. The lowest BCUT2D eigenvalue weighted by molar-refractivity contribution is 0.357. The average molecular weight is 305 g/mol. The van der Waals surface area contributed by atoms with E-state index in [0.717, 1.165) is 25.1 Å². The number of rotatable bonds is 6. The van der Waals surface area contributed by atoms with Gasteiger partial charge in [0.15, 0.2) is 0 Å². The van der Waals surface area contributed by atoms with Crippen LogP contribution in [0.15, 0.2) is 17.2 Å². The van der Waals surface area contributed by atoms with Crippen molar-refractivity contribution in [1.29, 1.82) is 0 Å². The van der Waals surface area contributed by atoms with Crippen molar-refractivity contribution in [1.82, 2.24) is 8.87 Å². The molecule has 1 aromatic heterocycles. The number of nitrogens with zero attached hydrogens (tertiary/aromatic N) is 2. The van der Waals surface area contributed by atoms with Crippen molar-refractivity contribution in [2.75, 3.05) is 7.05 Å². The highest BCUT2D eigenvalue weighted by molar-refractivity contribution is 7.89. The van der Waals surface area contributed by atoms with E-state index in [-0.39, 0.29) is 6.04 Å². The molecule has 108 valence electrons. The zero-order valence-electron chi connectivity index (χ0n) is 11.6. The van der Waals surface area contributed by atoms with Crippen LogP contribution in [-0.4, -0.2) is 30.4 Å². The summed E-state index contributed by atoms with van der Waals surface area (Å²) in [6, 6.07) is 1.75. The molecule has 1 atom stereocenters. The van der Waals surface area contributed by atoms with Gasteiger partial charge in [-0.05, 0) is 38.7 Å². The highest BCUT2D eigenvalue weighted by atomic mass is 35.5. The van der Waals surface area contributed by atoms with E-state index in [2.05, 4.69) is 0 Å². The number of sulfonamides is 1. The third-order valence-electron chi connectivity index (χ3n) is 3.99. The second-order valence-corrected chi connectivity index (χ2v) is 7.45. The first-order chi connectivity index (χ1) is 8.91. The predicted molar refractivity (Wildman–Crippen MR) is 76.8 cm³/mol. The van der Waals surface area contributed by atoms with Crippen molar-refractivity contribution in [3.8, 4) is 0 Å². The molecule has 1 saturated carbocycles. The normalized spacial score (nSPS) is 17.9. The second-order valence-electron chi connectivity index (χ2n) is 5.19. The zero-order chi connectivity index (χ0) is 14.2. The molecule has 2 rings (SSSR count). The molecule has 0 N–H and O–H groups in total. The molecule has 1 unspecified atom stereocenters. The lowest BCUT2D eigenvalue weighted by atomic mass is 10.2.